The van der Waals surface area contributed by atoms with Crippen LogP contribution in [0, 0.1) is 0 Å². The lowest BCUT2D eigenvalue weighted by Gasteiger charge is -2.13. The zero-order valence-corrected chi connectivity index (χ0v) is 15.6. The number of nitrogens with zero attached hydrogens (tertiary/aromatic N) is 1. The molecular weight excluding hydrogens is 380 g/mol. The predicted octanol–water partition coefficient (Wildman–Crippen LogP) is 3.72. The number of rotatable bonds is 5. The summed E-state index contributed by atoms with van der Waals surface area (Å²) < 4.78 is 40.4. The van der Waals surface area contributed by atoms with Crippen LogP contribution in [-0.2, 0) is 17.1 Å². The minimum atomic E-state index is -3.92. The van der Waals surface area contributed by atoms with Crippen molar-refractivity contribution in [2.45, 2.75) is 4.90 Å². The minimum Gasteiger partial charge on any atom is -0.455 e. The molecule has 0 aliphatic rings. The maximum Gasteiger partial charge on any atom is 0.419 e. The number of fused-ring (bicyclic) bond motifs is 1. The second-order valence-electron chi connectivity index (χ2n) is 6.07. The zero-order valence-electron chi connectivity index (χ0n) is 14.8. The van der Waals surface area contributed by atoms with Crippen molar-refractivity contribution in [1.82, 2.24) is 4.57 Å². The van der Waals surface area contributed by atoms with Gasteiger partial charge in [-0.2, -0.15) is 0 Å². The SMILES string of the molecule is Cn1c(=O)oc2cc(S(=O)(=O)Nc3ccccc3Oc3ccccc3)ccc21. The molecule has 1 heterocycles. The molecule has 0 bridgehead atoms. The lowest BCUT2D eigenvalue weighted by Crippen LogP contribution is -2.13. The van der Waals surface area contributed by atoms with Crippen molar-refractivity contribution in [3.63, 3.8) is 0 Å². The summed E-state index contributed by atoms with van der Waals surface area (Å²) in [6.45, 7) is 0. The highest BCUT2D eigenvalue weighted by Crippen LogP contribution is 2.31. The molecule has 142 valence electrons. The number of aromatic nitrogens is 1. The number of ether oxygens (including phenoxy) is 1. The maximum absolute atomic E-state index is 12.8. The van der Waals surface area contributed by atoms with Gasteiger partial charge in [-0.25, -0.2) is 13.2 Å². The van der Waals surface area contributed by atoms with Gasteiger partial charge >= 0.3 is 5.76 Å². The minimum absolute atomic E-state index is 0.0242. The first kappa shape index (κ1) is 17.9. The van der Waals surface area contributed by atoms with Gasteiger partial charge < -0.3 is 9.15 Å². The standard InChI is InChI=1S/C20H16N2O5S/c1-22-17-12-11-15(13-19(17)27-20(22)23)28(24,25)21-16-9-5-6-10-18(16)26-14-7-3-2-4-8-14/h2-13,21H,1H3. The Balaban J connectivity index is 1.68. The highest BCUT2D eigenvalue weighted by atomic mass is 32.2. The summed E-state index contributed by atoms with van der Waals surface area (Å²) in [5.41, 5.74) is 1.00. The number of anilines is 1. The molecule has 1 aromatic heterocycles. The number of hydrogen-bond donors (Lipinski definition) is 1. The number of nitrogens with one attached hydrogen (secondary N) is 1. The van der Waals surface area contributed by atoms with Gasteiger partial charge in [0.2, 0.25) is 0 Å². The Labute approximate surface area is 160 Å². The Hall–Kier alpha value is -3.52. The van der Waals surface area contributed by atoms with E-state index in [9.17, 15) is 13.2 Å². The van der Waals surface area contributed by atoms with Crippen molar-refractivity contribution in [1.29, 1.82) is 0 Å². The number of para-hydroxylation sites is 3. The fourth-order valence-corrected chi connectivity index (χ4v) is 3.83. The van der Waals surface area contributed by atoms with E-state index in [-0.39, 0.29) is 10.5 Å². The van der Waals surface area contributed by atoms with E-state index < -0.39 is 15.8 Å². The van der Waals surface area contributed by atoms with E-state index in [1.54, 1.807) is 43.4 Å². The molecule has 0 spiro atoms. The molecule has 0 amide bonds. The van der Waals surface area contributed by atoms with Crippen LogP contribution in [0.5, 0.6) is 11.5 Å². The van der Waals surface area contributed by atoms with E-state index in [1.165, 1.54) is 22.8 Å². The molecular formula is C20H16N2O5S. The normalized spacial score (nSPS) is 11.5. The molecule has 0 aliphatic carbocycles. The Morgan fingerprint density at radius 1 is 0.964 bits per heavy atom. The maximum atomic E-state index is 12.8. The van der Waals surface area contributed by atoms with E-state index >= 15 is 0 Å². The van der Waals surface area contributed by atoms with Crippen molar-refractivity contribution < 1.29 is 17.6 Å². The molecule has 1 N–H and O–H groups in total. The number of aryl methyl sites for hydroxylation is 1. The van der Waals surface area contributed by atoms with Gasteiger partial charge in [-0.05, 0) is 36.4 Å². The third-order valence-corrected chi connectivity index (χ3v) is 5.54. The van der Waals surface area contributed by atoms with Gasteiger partial charge in [0.25, 0.3) is 10.0 Å². The molecule has 28 heavy (non-hydrogen) atoms. The van der Waals surface area contributed by atoms with Crippen molar-refractivity contribution in [2.24, 2.45) is 7.05 Å². The number of sulfonamides is 1. The molecule has 0 saturated carbocycles. The van der Waals surface area contributed by atoms with Crippen LogP contribution in [0.25, 0.3) is 11.1 Å². The molecule has 3 aromatic carbocycles. The smallest absolute Gasteiger partial charge is 0.419 e. The average Bonchev–Trinajstić information content (AvgIpc) is 2.97. The van der Waals surface area contributed by atoms with Crippen LogP contribution in [0.4, 0.5) is 5.69 Å². The Bertz CT molecular complexity index is 1310. The van der Waals surface area contributed by atoms with Gasteiger partial charge in [0.1, 0.15) is 5.75 Å². The topological polar surface area (TPSA) is 90.5 Å². The van der Waals surface area contributed by atoms with Gasteiger partial charge in [-0.3, -0.25) is 9.29 Å². The van der Waals surface area contributed by atoms with E-state index in [2.05, 4.69) is 4.72 Å². The summed E-state index contributed by atoms with van der Waals surface area (Å²) in [6.07, 6.45) is 0. The van der Waals surface area contributed by atoms with Crippen molar-refractivity contribution in [3.8, 4) is 11.5 Å². The Morgan fingerprint density at radius 3 is 2.46 bits per heavy atom. The van der Waals surface area contributed by atoms with E-state index in [1.807, 2.05) is 18.2 Å². The number of hydrogen-bond acceptors (Lipinski definition) is 5. The van der Waals surface area contributed by atoms with Crippen LogP contribution < -0.4 is 15.2 Å². The van der Waals surface area contributed by atoms with Gasteiger partial charge in [-0.15, -0.1) is 0 Å². The fourth-order valence-electron chi connectivity index (χ4n) is 2.74. The molecule has 4 rings (SSSR count). The second-order valence-corrected chi connectivity index (χ2v) is 7.76. The summed E-state index contributed by atoms with van der Waals surface area (Å²) in [7, 11) is -2.37. The predicted molar refractivity (Wildman–Crippen MR) is 105 cm³/mol. The summed E-state index contributed by atoms with van der Waals surface area (Å²) in [5, 5.41) is 0. The van der Waals surface area contributed by atoms with Crippen LogP contribution in [0.3, 0.4) is 0 Å². The number of benzene rings is 3. The lowest BCUT2D eigenvalue weighted by atomic mass is 10.3. The quantitative estimate of drug-likeness (QED) is 0.555. The van der Waals surface area contributed by atoms with E-state index in [0.29, 0.717) is 22.7 Å². The highest BCUT2D eigenvalue weighted by molar-refractivity contribution is 7.92. The third kappa shape index (κ3) is 3.37. The van der Waals surface area contributed by atoms with Crippen LogP contribution in [-0.4, -0.2) is 13.0 Å². The molecule has 0 fully saturated rings. The van der Waals surface area contributed by atoms with Gasteiger partial charge in [0.05, 0.1) is 16.1 Å². The summed E-state index contributed by atoms with van der Waals surface area (Å²) >= 11 is 0. The molecule has 0 atom stereocenters. The first-order chi connectivity index (χ1) is 13.4. The van der Waals surface area contributed by atoms with Gasteiger partial charge in [0, 0.05) is 13.1 Å². The van der Waals surface area contributed by atoms with E-state index in [0.717, 1.165) is 0 Å². The monoisotopic (exact) mass is 396 g/mol. The molecule has 0 radical (unpaired) electrons. The summed E-state index contributed by atoms with van der Waals surface area (Å²) in [6, 6.07) is 20.1. The number of oxazole rings is 1. The molecule has 0 unspecified atom stereocenters. The largest absolute Gasteiger partial charge is 0.455 e. The van der Waals surface area contributed by atoms with Crippen LogP contribution in [0.15, 0.2) is 86.9 Å². The third-order valence-electron chi connectivity index (χ3n) is 4.18. The first-order valence-corrected chi connectivity index (χ1v) is 9.87. The lowest BCUT2D eigenvalue weighted by molar-refractivity contribution is 0.485. The average molecular weight is 396 g/mol. The molecule has 7 nitrogen and oxygen atoms in total. The molecule has 0 saturated heterocycles. The highest BCUT2D eigenvalue weighted by Gasteiger charge is 2.19. The van der Waals surface area contributed by atoms with Crippen molar-refractivity contribution in [2.75, 3.05) is 4.72 Å². The molecule has 0 aliphatic heterocycles. The Kier molecular flexibility index (Phi) is 4.40. The van der Waals surface area contributed by atoms with Crippen LogP contribution >= 0.6 is 0 Å². The van der Waals surface area contributed by atoms with Crippen LogP contribution in [0.2, 0.25) is 0 Å². The Morgan fingerprint density at radius 2 is 1.68 bits per heavy atom. The van der Waals surface area contributed by atoms with Crippen molar-refractivity contribution in [3.05, 3.63) is 83.3 Å². The van der Waals surface area contributed by atoms with E-state index in [4.69, 9.17) is 9.15 Å². The van der Waals surface area contributed by atoms with Crippen LogP contribution in [0.1, 0.15) is 0 Å². The van der Waals surface area contributed by atoms with Crippen molar-refractivity contribution >= 4 is 26.8 Å². The van der Waals surface area contributed by atoms with Gasteiger partial charge in [-0.1, -0.05) is 30.3 Å². The fraction of sp³-hybridized carbons (Fsp3) is 0.0500. The van der Waals surface area contributed by atoms with Gasteiger partial charge in [0.15, 0.2) is 11.3 Å². The zero-order chi connectivity index (χ0) is 19.7. The summed E-state index contributed by atoms with van der Waals surface area (Å²) in [4.78, 5) is 11.6. The molecule has 8 heteroatoms. The molecule has 4 aromatic rings. The first-order valence-electron chi connectivity index (χ1n) is 8.38. The summed E-state index contributed by atoms with van der Waals surface area (Å²) in [5.74, 6) is 0.394. The second kappa shape index (κ2) is 6.90.